The van der Waals surface area contributed by atoms with Crippen LogP contribution in [0.2, 0.25) is 0 Å². The molecule has 0 fully saturated rings. The Hall–Kier alpha value is -1.75. The van der Waals surface area contributed by atoms with Crippen LogP contribution in [-0.4, -0.2) is 25.7 Å². The molecule has 0 spiro atoms. The van der Waals surface area contributed by atoms with Crippen LogP contribution in [0.5, 0.6) is 11.5 Å². The van der Waals surface area contributed by atoms with E-state index in [1.165, 1.54) is 0 Å². The number of methoxy groups -OCH3 is 2. The summed E-state index contributed by atoms with van der Waals surface area (Å²) in [6, 6.07) is 5.61. The van der Waals surface area contributed by atoms with Gasteiger partial charge in [0.2, 0.25) is 5.91 Å². The minimum absolute atomic E-state index is 0.0395. The van der Waals surface area contributed by atoms with E-state index < -0.39 is 5.54 Å². The molecule has 0 radical (unpaired) electrons. The average molecular weight is 266 g/mol. The molecule has 19 heavy (non-hydrogen) atoms. The highest BCUT2D eigenvalue weighted by molar-refractivity contribution is 5.83. The van der Waals surface area contributed by atoms with Gasteiger partial charge in [0.1, 0.15) is 0 Å². The van der Waals surface area contributed by atoms with Gasteiger partial charge >= 0.3 is 0 Å². The van der Waals surface area contributed by atoms with Crippen molar-refractivity contribution < 1.29 is 14.3 Å². The smallest absolute Gasteiger partial charge is 0.237 e. The Bertz CT molecular complexity index is 458. The standard InChI is InChI=1S/C14H22N2O3/c1-9(16-14(2,3)13(15)17)10-6-7-11(18-4)12(8-10)19-5/h6-9,16H,1-5H3,(H2,15,17). The molecule has 3 N–H and O–H groups in total. The van der Waals surface area contributed by atoms with E-state index in [1.807, 2.05) is 25.1 Å². The van der Waals surface area contributed by atoms with Gasteiger partial charge in [-0.2, -0.15) is 0 Å². The van der Waals surface area contributed by atoms with Crippen LogP contribution in [0.3, 0.4) is 0 Å². The minimum atomic E-state index is -0.771. The third kappa shape index (κ3) is 3.61. The Morgan fingerprint density at radius 3 is 2.32 bits per heavy atom. The molecule has 1 amide bonds. The number of hydrogen-bond acceptors (Lipinski definition) is 4. The number of amides is 1. The Morgan fingerprint density at radius 1 is 1.26 bits per heavy atom. The summed E-state index contributed by atoms with van der Waals surface area (Å²) in [5.41, 5.74) is 5.57. The fraction of sp³-hybridized carbons (Fsp3) is 0.500. The molecule has 1 unspecified atom stereocenters. The summed E-state index contributed by atoms with van der Waals surface area (Å²) in [5, 5.41) is 3.19. The number of benzene rings is 1. The number of carbonyl (C=O) groups excluding carboxylic acids is 1. The van der Waals surface area contributed by atoms with E-state index in [0.717, 1.165) is 5.56 Å². The third-order valence-electron chi connectivity index (χ3n) is 3.10. The molecule has 106 valence electrons. The molecule has 5 nitrogen and oxygen atoms in total. The Kier molecular flexibility index (Phi) is 4.78. The van der Waals surface area contributed by atoms with Crippen LogP contribution in [0.25, 0.3) is 0 Å². The van der Waals surface area contributed by atoms with E-state index in [0.29, 0.717) is 11.5 Å². The normalized spacial score (nSPS) is 12.9. The fourth-order valence-electron chi connectivity index (χ4n) is 1.82. The highest BCUT2D eigenvalue weighted by Crippen LogP contribution is 2.30. The molecule has 0 aliphatic carbocycles. The fourth-order valence-corrected chi connectivity index (χ4v) is 1.82. The molecular formula is C14H22N2O3. The number of nitrogens with two attached hydrogens (primary N) is 1. The number of primary amides is 1. The molecule has 0 aliphatic heterocycles. The third-order valence-corrected chi connectivity index (χ3v) is 3.10. The summed E-state index contributed by atoms with van der Waals surface area (Å²) in [4.78, 5) is 11.3. The maximum Gasteiger partial charge on any atom is 0.237 e. The van der Waals surface area contributed by atoms with Crippen LogP contribution in [0.4, 0.5) is 0 Å². The zero-order chi connectivity index (χ0) is 14.6. The molecule has 1 rings (SSSR count). The zero-order valence-corrected chi connectivity index (χ0v) is 12.1. The van der Waals surface area contributed by atoms with Gasteiger partial charge in [0.25, 0.3) is 0 Å². The van der Waals surface area contributed by atoms with E-state index in [9.17, 15) is 4.79 Å². The maximum absolute atomic E-state index is 11.3. The van der Waals surface area contributed by atoms with Gasteiger partial charge < -0.3 is 15.2 Å². The van der Waals surface area contributed by atoms with E-state index in [1.54, 1.807) is 28.1 Å². The highest BCUT2D eigenvalue weighted by atomic mass is 16.5. The number of rotatable bonds is 6. The summed E-state index contributed by atoms with van der Waals surface area (Å²) in [7, 11) is 3.18. The van der Waals surface area contributed by atoms with Gasteiger partial charge in [0.05, 0.1) is 19.8 Å². The van der Waals surface area contributed by atoms with Crippen molar-refractivity contribution in [2.45, 2.75) is 32.4 Å². The van der Waals surface area contributed by atoms with Gasteiger partial charge in [-0.3, -0.25) is 10.1 Å². The van der Waals surface area contributed by atoms with E-state index in [2.05, 4.69) is 5.32 Å². The molecule has 1 aromatic rings. The lowest BCUT2D eigenvalue weighted by Crippen LogP contribution is -2.51. The molecule has 0 aromatic heterocycles. The van der Waals surface area contributed by atoms with Crippen molar-refractivity contribution in [3.05, 3.63) is 23.8 Å². The zero-order valence-electron chi connectivity index (χ0n) is 12.1. The van der Waals surface area contributed by atoms with Gasteiger partial charge in [0, 0.05) is 6.04 Å². The molecule has 0 saturated carbocycles. The molecule has 0 heterocycles. The monoisotopic (exact) mass is 266 g/mol. The number of hydrogen-bond donors (Lipinski definition) is 2. The molecule has 1 atom stereocenters. The van der Waals surface area contributed by atoms with Crippen molar-refractivity contribution in [1.82, 2.24) is 5.32 Å². The summed E-state index contributed by atoms with van der Waals surface area (Å²) < 4.78 is 10.5. The summed E-state index contributed by atoms with van der Waals surface area (Å²) in [6.07, 6.45) is 0. The molecule has 0 aliphatic rings. The SMILES string of the molecule is COc1ccc(C(C)NC(C)(C)C(N)=O)cc1OC. The number of carbonyl (C=O) groups is 1. The Morgan fingerprint density at radius 2 is 1.84 bits per heavy atom. The highest BCUT2D eigenvalue weighted by Gasteiger charge is 2.27. The van der Waals surface area contributed by atoms with Crippen LogP contribution >= 0.6 is 0 Å². The van der Waals surface area contributed by atoms with E-state index >= 15 is 0 Å². The quantitative estimate of drug-likeness (QED) is 0.820. The van der Waals surface area contributed by atoms with Gasteiger partial charge in [-0.15, -0.1) is 0 Å². The van der Waals surface area contributed by atoms with Gasteiger partial charge in [-0.25, -0.2) is 0 Å². The first-order valence-corrected chi connectivity index (χ1v) is 6.11. The number of nitrogens with one attached hydrogen (secondary N) is 1. The van der Waals surface area contributed by atoms with Crippen LogP contribution in [0.1, 0.15) is 32.4 Å². The molecule has 0 saturated heterocycles. The number of ether oxygens (including phenoxy) is 2. The van der Waals surface area contributed by atoms with Gasteiger partial charge in [-0.1, -0.05) is 6.07 Å². The molecular weight excluding hydrogens is 244 g/mol. The first-order chi connectivity index (χ1) is 8.81. The molecule has 1 aromatic carbocycles. The Labute approximate surface area is 114 Å². The van der Waals surface area contributed by atoms with Crippen LogP contribution in [-0.2, 0) is 4.79 Å². The second-order valence-electron chi connectivity index (χ2n) is 4.97. The van der Waals surface area contributed by atoms with Crippen molar-refractivity contribution >= 4 is 5.91 Å². The van der Waals surface area contributed by atoms with E-state index in [-0.39, 0.29) is 11.9 Å². The minimum Gasteiger partial charge on any atom is -0.493 e. The topological polar surface area (TPSA) is 73.6 Å². The molecule has 0 bridgehead atoms. The van der Waals surface area contributed by atoms with Crippen LogP contribution in [0, 0.1) is 0 Å². The largest absolute Gasteiger partial charge is 0.493 e. The summed E-state index contributed by atoms with van der Waals surface area (Å²) in [5.74, 6) is 0.943. The predicted octanol–water partition coefficient (Wildman–Crippen LogP) is 1.62. The second kappa shape index (κ2) is 5.93. The summed E-state index contributed by atoms with van der Waals surface area (Å²) in [6.45, 7) is 5.48. The Balaban J connectivity index is 2.94. The van der Waals surface area contributed by atoms with Gasteiger partial charge in [0.15, 0.2) is 11.5 Å². The van der Waals surface area contributed by atoms with Crippen LogP contribution < -0.4 is 20.5 Å². The van der Waals surface area contributed by atoms with Crippen molar-refractivity contribution in [2.75, 3.05) is 14.2 Å². The van der Waals surface area contributed by atoms with Crippen LogP contribution in [0.15, 0.2) is 18.2 Å². The van der Waals surface area contributed by atoms with Crippen molar-refractivity contribution in [3.8, 4) is 11.5 Å². The average Bonchev–Trinajstić information content (AvgIpc) is 2.37. The van der Waals surface area contributed by atoms with Gasteiger partial charge in [-0.05, 0) is 38.5 Å². The predicted molar refractivity (Wildman–Crippen MR) is 74.4 cm³/mol. The van der Waals surface area contributed by atoms with E-state index in [4.69, 9.17) is 15.2 Å². The van der Waals surface area contributed by atoms with Crippen molar-refractivity contribution in [2.24, 2.45) is 5.73 Å². The maximum atomic E-state index is 11.3. The lowest BCUT2D eigenvalue weighted by atomic mass is 10.00. The first kappa shape index (κ1) is 15.3. The lowest BCUT2D eigenvalue weighted by Gasteiger charge is -2.27. The van der Waals surface area contributed by atoms with Crippen molar-refractivity contribution in [3.63, 3.8) is 0 Å². The molecule has 5 heteroatoms. The second-order valence-corrected chi connectivity index (χ2v) is 4.97. The summed E-state index contributed by atoms with van der Waals surface area (Å²) >= 11 is 0. The first-order valence-electron chi connectivity index (χ1n) is 6.11. The lowest BCUT2D eigenvalue weighted by molar-refractivity contribution is -0.123. The van der Waals surface area contributed by atoms with Crippen molar-refractivity contribution in [1.29, 1.82) is 0 Å².